The fraction of sp³-hybridized carbons (Fsp3) is 0.348. The van der Waals surface area contributed by atoms with Crippen LogP contribution in [0.3, 0.4) is 0 Å². The molecule has 152 valence electrons. The van der Waals surface area contributed by atoms with Gasteiger partial charge in [0.2, 0.25) is 0 Å². The first kappa shape index (κ1) is 19.9. The van der Waals surface area contributed by atoms with Crippen molar-refractivity contribution in [2.24, 2.45) is 0 Å². The van der Waals surface area contributed by atoms with Crippen molar-refractivity contribution >= 4 is 22.6 Å². The highest BCUT2D eigenvalue weighted by Gasteiger charge is 2.25. The summed E-state index contributed by atoms with van der Waals surface area (Å²) in [5.41, 5.74) is 2.89. The lowest BCUT2D eigenvalue weighted by molar-refractivity contribution is 0.0968. The molecule has 0 bridgehead atoms. The van der Waals surface area contributed by atoms with Crippen molar-refractivity contribution in [3.8, 4) is 5.75 Å². The first-order valence-electron chi connectivity index (χ1n) is 9.93. The topological polar surface area (TPSA) is 42.7 Å². The number of hydrogen-bond donors (Lipinski definition) is 0. The SMILES string of the molecule is CCCCc1cc(=O)oc2c3c(c(Cl)cc12)OCN(CCc1cccc(F)c1)C3. The highest BCUT2D eigenvalue weighted by atomic mass is 35.5. The molecule has 0 aliphatic carbocycles. The third-order valence-electron chi connectivity index (χ3n) is 5.30. The number of hydrogen-bond acceptors (Lipinski definition) is 4. The summed E-state index contributed by atoms with van der Waals surface area (Å²) in [5.74, 6) is 0.346. The fourth-order valence-electron chi connectivity index (χ4n) is 3.79. The van der Waals surface area contributed by atoms with Gasteiger partial charge in [-0.1, -0.05) is 37.1 Å². The van der Waals surface area contributed by atoms with Gasteiger partial charge >= 0.3 is 5.63 Å². The van der Waals surface area contributed by atoms with E-state index in [9.17, 15) is 9.18 Å². The standard InChI is InChI=1S/C23H23ClFNO3/c1-2-3-6-16-11-21(27)29-22-18(16)12-20(24)23-19(22)13-26(14-28-23)9-8-15-5-4-7-17(25)10-15/h4-5,7,10-12H,2-3,6,8-9,13-14H2,1H3. The molecule has 0 spiro atoms. The molecule has 1 aromatic heterocycles. The maximum absolute atomic E-state index is 13.4. The van der Waals surface area contributed by atoms with Crippen LogP contribution in [-0.4, -0.2) is 18.2 Å². The highest BCUT2D eigenvalue weighted by Crippen LogP contribution is 2.39. The Labute approximate surface area is 173 Å². The van der Waals surface area contributed by atoms with Gasteiger partial charge in [-0.3, -0.25) is 4.90 Å². The molecule has 1 aliphatic heterocycles. The molecule has 0 fully saturated rings. The van der Waals surface area contributed by atoms with Gasteiger partial charge in [-0.05, 0) is 48.6 Å². The van der Waals surface area contributed by atoms with Gasteiger partial charge in [-0.25, -0.2) is 9.18 Å². The second-order valence-corrected chi connectivity index (χ2v) is 7.85. The van der Waals surface area contributed by atoms with Gasteiger partial charge in [0.1, 0.15) is 23.9 Å². The van der Waals surface area contributed by atoms with E-state index in [1.807, 2.05) is 12.1 Å². The van der Waals surface area contributed by atoms with E-state index < -0.39 is 0 Å². The third kappa shape index (κ3) is 4.31. The minimum Gasteiger partial charge on any atom is -0.476 e. The zero-order valence-corrected chi connectivity index (χ0v) is 17.1. The van der Waals surface area contributed by atoms with E-state index in [-0.39, 0.29) is 11.4 Å². The number of benzene rings is 2. The summed E-state index contributed by atoms with van der Waals surface area (Å²) in [6.07, 6.45) is 3.53. The number of rotatable bonds is 6. The van der Waals surface area contributed by atoms with Crippen molar-refractivity contribution in [1.82, 2.24) is 4.90 Å². The molecule has 0 N–H and O–H groups in total. The minimum absolute atomic E-state index is 0.234. The van der Waals surface area contributed by atoms with Gasteiger partial charge in [-0.15, -0.1) is 0 Å². The van der Waals surface area contributed by atoms with Crippen LogP contribution in [0.5, 0.6) is 5.75 Å². The van der Waals surface area contributed by atoms with Crippen molar-refractivity contribution in [2.45, 2.75) is 39.2 Å². The quantitative estimate of drug-likeness (QED) is 0.511. The lowest BCUT2D eigenvalue weighted by atomic mass is 10.0. The van der Waals surface area contributed by atoms with E-state index in [1.165, 1.54) is 6.07 Å². The van der Waals surface area contributed by atoms with Gasteiger partial charge in [0, 0.05) is 24.5 Å². The van der Waals surface area contributed by atoms with Crippen molar-refractivity contribution < 1.29 is 13.5 Å². The Hall–Kier alpha value is -2.37. The zero-order chi connectivity index (χ0) is 20.4. The number of aryl methyl sites for hydroxylation is 1. The predicted molar refractivity (Wildman–Crippen MR) is 112 cm³/mol. The highest BCUT2D eigenvalue weighted by molar-refractivity contribution is 6.33. The monoisotopic (exact) mass is 415 g/mol. The molecule has 6 heteroatoms. The number of nitrogens with zero attached hydrogens (tertiary/aromatic N) is 1. The van der Waals surface area contributed by atoms with E-state index >= 15 is 0 Å². The summed E-state index contributed by atoms with van der Waals surface area (Å²) in [6.45, 7) is 3.75. The molecular formula is C23H23ClFNO3. The summed E-state index contributed by atoms with van der Waals surface area (Å²) in [6, 6.07) is 10.0. The molecule has 4 rings (SSSR count). The van der Waals surface area contributed by atoms with Gasteiger partial charge in [0.05, 0.1) is 10.6 Å². The Balaban J connectivity index is 1.64. The van der Waals surface area contributed by atoms with E-state index in [2.05, 4.69) is 11.8 Å². The molecule has 0 radical (unpaired) electrons. The van der Waals surface area contributed by atoms with Crippen LogP contribution in [0.4, 0.5) is 4.39 Å². The Morgan fingerprint density at radius 1 is 1.21 bits per heavy atom. The van der Waals surface area contributed by atoms with Crippen LogP contribution in [0.25, 0.3) is 11.0 Å². The molecular weight excluding hydrogens is 393 g/mol. The van der Waals surface area contributed by atoms with Crippen LogP contribution < -0.4 is 10.4 Å². The van der Waals surface area contributed by atoms with Gasteiger partial charge in [0.15, 0.2) is 0 Å². The molecule has 4 nitrogen and oxygen atoms in total. The average molecular weight is 416 g/mol. The van der Waals surface area contributed by atoms with Crippen molar-refractivity contribution in [3.05, 3.63) is 74.3 Å². The maximum Gasteiger partial charge on any atom is 0.336 e. The zero-order valence-electron chi connectivity index (χ0n) is 16.3. The molecule has 0 unspecified atom stereocenters. The number of halogens is 2. The molecule has 0 saturated carbocycles. The Morgan fingerprint density at radius 3 is 2.86 bits per heavy atom. The van der Waals surface area contributed by atoms with Gasteiger partial charge in [0.25, 0.3) is 0 Å². The van der Waals surface area contributed by atoms with Crippen LogP contribution in [0, 0.1) is 5.82 Å². The molecule has 0 atom stereocenters. The van der Waals surface area contributed by atoms with Crippen molar-refractivity contribution in [2.75, 3.05) is 13.3 Å². The number of fused-ring (bicyclic) bond motifs is 3. The van der Waals surface area contributed by atoms with E-state index in [0.717, 1.165) is 41.3 Å². The maximum atomic E-state index is 13.4. The fourth-order valence-corrected chi connectivity index (χ4v) is 4.07. The normalized spacial score (nSPS) is 14.0. The first-order chi connectivity index (χ1) is 14.0. The van der Waals surface area contributed by atoms with Crippen LogP contribution in [-0.2, 0) is 19.4 Å². The average Bonchev–Trinajstić information content (AvgIpc) is 2.71. The minimum atomic E-state index is -0.356. The summed E-state index contributed by atoms with van der Waals surface area (Å²) in [5, 5.41) is 1.40. The first-order valence-corrected chi connectivity index (χ1v) is 10.3. The molecule has 1 aliphatic rings. The lowest BCUT2D eigenvalue weighted by Crippen LogP contribution is -2.34. The molecule has 0 amide bonds. The van der Waals surface area contributed by atoms with Gasteiger partial charge in [-0.2, -0.15) is 0 Å². The predicted octanol–water partition coefficient (Wildman–Crippen LogP) is 5.32. The summed E-state index contributed by atoms with van der Waals surface area (Å²) >= 11 is 6.50. The van der Waals surface area contributed by atoms with Crippen LogP contribution in [0.2, 0.25) is 5.02 Å². The second kappa shape index (κ2) is 8.56. The smallest absolute Gasteiger partial charge is 0.336 e. The Kier molecular flexibility index (Phi) is 5.88. The summed E-state index contributed by atoms with van der Waals surface area (Å²) < 4.78 is 24.9. The van der Waals surface area contributed by atoms with Crippen LogP contribution in [0.15, 0.2) is 45.6 Å². The molecule has 29 heavy (non-hydrogen) atoms. The van der Waals surface area contributed by atoms with E-state index in [0.29, 0.717) is 42.6 Å². The Bertz CT molecular complexity index is 1100. The third-order valence-corrected chi connectivity index (χ3v) is 5.58. The van der Waals surface area contributed by atoms with Gasteiger partial charge < -0.3 is 9.15 Å². The molecule has 2 aromatic carbocycles. The largest absolute Gasteiger partial charge is 0.476 e. The summed E-state index contributed by atoms with van der Waals surface area (Å²) in [7, 11) is 0. The molecule has 0 saturated heterocycles. The van der Waals surface area contributed by atoms with Crippen LogP contribution >= 0.6 is 11.6 Å². The van der Waals surface area contributed by atoms with Crippen LogP contribution in [0.1, 0.15) is 36.5 Å². The molecule has 2 heterocycles. The number of unbranched alkanes of at least 4 members (excludes halogenated alkanes) is 1. The van der Waals surface area contributed by atoms with Crippen molar-refractivity contribution in [3.63, 3.8) is 0 Å². The van der Waals surface area contributed by atoms with E-state index in [4.69, 9.17) is 20.8 Å². The number of ether oxygens (including phenoxy) is 1. The lowest BCUT2D eigenvalue weighted by Gasteiger charge is -2.30. The van der Waals surface area contributed by atoms with E-state index in [1.54, 1.807) is 18.2 Å². The molecule has 3 aromatic rings. The second-order valence-electron chi connectivity index (χ2n) is 7.44. The summed E-state index contributed by atoms with van der Waals surface area (Å²) in [4.78, 5) is 14.3. The Morgan fingerprint density at radius 2 is 2.07 bits per heavy atom. The van der Waals surface area contributed by atoms with Crippen molar-refractivity contribution in [1.29, 1.82) is 0 Å².